The van der Waals surface area contributed by atoms with Gasteiger partial charge < -0.3 is 20.5 Å². The van der Waals surface area contributed by atoms with Crippen LogP contribution in [-0.4, -0.2) is 24.7 Å². The van der Waals surface area contributed by atoms with Crippen LogP contribution < -0.4 is 15.4 Å². The summed E-state index contributed by atoms with van der Waals surface area (Å²) >= 11 is 0. The van der Waals surface area contributed by atoms with Crippen molar-refractivity contribution in [3.8, 4) is 11.5 Å². The number of carbonyl (C=O) groups is 1. The van der Waals surface area contributed by atoms with Gasteiger partial charge in [-0.15, -0.1) is 0 Å². The van der Waals surface area contributed by atoms with Crippen LogP contribution >= 0.6 is 0 Å². The fraction of sp³-hybridized carbons (Fsp3) is 0.188. The minimum absolute atomic E-state index is 0.123. The Morgan fingerprint density at radius 1 is 1.19 bits per heavy atom. The topological polar surface area (TPSA) is 70.6 Å². The molecule has 0 radical (unpaired) electrons. The number of phenolic OH excluding ortho intramolecular Hbond substituents is 1. The zero-order valence-electron chi connectivity index (χ0n) is 11.8. The molecule has 0 aliphatic rings. The summed E-state index contributed by atoms with van der Waals surface area (Å²) in [5.41, 5.74) is 1.70. The largest absolute Gasteiger partial charge is 0.508 e. The molecule has 2 aromatic carbocycles. The number of anilines is 1. The van der Waals surface area contributed by atoms with E-state index in [2.05, 4.69) is 10.6 Å². The Morgan fingerprint density at radius 3 is 2.67 bits per heavy atom. The van der Waals surface area contributed by atoms with E-state index in [-0.39, 0.29) is 18.2 Å². The van der Waals surface area contributed by atoms with Gasteiger partial charge in [-0.1, -0.05) is 18.2 Å². The highest BCUT2D eigenvalue weighted by molar-refractivity contribution is 5.92. The van der Waals surface area contributed by atoms with Gasteiger partial charge in [-0.2, -0.15) is 0 Å². The van der Waals surface area contributed by atoms with Crippen LogP contribution in [-0.2, 0) is 11.3 Å². The second-order valence-electron chi connectivity index (χ2n) is 4.55. The monoisotopic (exact) mass is 286 g/mol. The minimum Gasteiger partial charge on any atom is -0.508 e. The predicted molar refractivity (Wildman–Crippen MR) is 81.4 cm³/mol. The summed E-state index contributed by atoms with van der Waals surface area (Å²) in [4.78, 5) is 11.8. The first-order valence-corrected chi connectivity index (χ1v) is 6.60. The van der Waals surface area contributed by atoms with Crippen LogP contribution in [0.2, 0.25) is 0 Å². The molecule has 0 bridgehead atoms. The molecule has 5 nitrogen and oxygen atoms in total. The SMILES string of the molecule is COc1cccc(NC(=O)CNCc2ccc(O)cc2)c1. The molecule has 1 amide bonds. The smallest absolute Gasteiger partial charge is 0.238 e. The molecule has 0 aromatic heterocycles. The highest BCUT2D eigenvalue weighted by atomic mass is 16.5. The third-order valence-corrected chi connectivity index (χ3v) is 2.90. The summed E-state index contributed by atoms with van der Waals surface area (Å²) in [5, 5.41) is 15.0. The van der Waals surface area contributed by atoms with Gasteiger partial charge in [0.15, 0.2) is 0 Å². The van der Waals surface area contributed by atoms with Crippen LogP contribution in [0.1, 0.15) is 5.56 Å². The van der Waals surface area contributed by atoms with E-state index in [0.717, 1.165) is 5.56 Å². The average Bonchev–Trinajstić information content (AvgIpc) is 2.49. The van der Waals surface area contributed by atoms with E-state index in [1.165, 1.54) is 0 Å². The molecule has 0 saturated heterocycles. The lowest BCUT2D eigenvalue weighted by atomic mass is 10.2. The van der Waals surface area contributed by atoms with Crippen molar-refractivity contribution in [2.75, 3.05) is 19.0 Å². The number of aromatic hydroxyl groups is 1. The van der Waals surface area contributed by atoms with Crippen molar-refractivity contribution in [2.24, 2.45) is 0 Å². The third-order valence-electron chi connectivity index (χ3n) is 2.90. The first kappa shape index (κ1) is 14.9. The molecule has 3 N–H and O–H groups in total. The molecule has 2 aromatic rings. The molecule has 0 unspecified atom stereocenters. The van der Waals surface area contributed by atoms with Crippen molar-refractivity contribution in [1.82, 2.24) is 5.32 Å². The van der Waals surface area contributed by atoms with Crippen molar-refractivity contribution >= 4 is 11.6 Å². The summed E-state index contributed by atoms with van der Waals surface area (Å²) in [6.45, 7) is 0.768. The molecule has 2 rings (SSSR count). The molecular weight excluding hydrogens is 268 g/mol. The van der Waals surface area contributed by atoms with Crippen LogP contribution in [0.25, 0.3) is 0 Å². The third kappa shape index (κ3) is 4.81. The Hall–Kier alpha value is -2.53. The number of carbonyl (C=O) groups excluding carboxylic acids is 1. The molecule has 5 heteroatoms. The Kier molecular flexibility index (Phi) is 5.17. The highest BCUT2D eigenvalue weighted by Gasteiger charge is 2.03. The van der Waals surface area contributed by atoms with Gasteiger partial charge in [0.1, 0.15) is 11.5 Å². The normalized spacial score (nSPS) is 10.1. The minimum atomic E-state index is -0.123. The number of phenols is 1. The van der Waals surface area contributed by atoms with E-state index in [9.17, 15) is 9.90 Å². The summed E-state index contributed by atoms with van der Waals surface area (Å²) < 4.78 is 5.10. The van der Waals surface area contributed by atoms with E-state index >= 15 is 0 Å². The van der Waals surface area contributed by atoms with Crippen molar-refractivity contribution in [1.29, 1.82) is 0 Å². The Labute approximate surface area is 123 Å². The standard InChI is InChI=1S/C16H18N2O3/c1-21-15-4-2-3-13(9-15)18-16(20)11-17-10-12-5-7-14(19)8-6-12/h2-9,17,19H,10-11H2,1H3,(H,18,20). The summed E-state index contributed by atoms with van der Waals surface area (Å²) in [7, 11) is 1.58. The highest BCUT2D eigenvalue weighted by Crippen LogP contribution is 2.16. The lowest BCUT2D eigenvalue weighted by Crippen LogP contribution is -2.27. The van der Waals surface area contributed by atoms with E-state index in [0.29, 0.717) is 18.0 Å². The second-order valence-corrected chi connectivity index (χ2v) is 4.55. The second kappa shape index (κ2) is 7.31. The molecule has 0 atom stereocenters. The van der Waals surface area contributed by atoms with Gasteiger partial charge in [-0.25, -0.2) is 0 Å². The van der Waals surface area contributed by atoms with E-state index in [4.69, 9.17) is 4.74 Å². The van der Waals surface area contributed by atoms with Crippen molar-refractivity contribution < 1.29 is 14.6 Å². The molecule has 110 valence electrons. The molecule has 21 heavy (non-hydrogen) atoms. The number of nitrogens with one attached hydrogen (secondary N) is 2. The van der Waals surface area contributed by atoms with Gasteiger partial charge in [0, 0.05) is 18.3 Å². The fourth-order valence-electron chi connectivity index (χ4n) is 1.84. The number of methoxy groups -OCH3 is 1. The maximum atomic E-state index is 11.8. The van der Waals surface area contributed by atoms with Gasteiger partial charge in [-0.3, -0.25) is 4.79 Å². The van der Waals surface area contributed by atoms with Crippen molar-refractivity contribution in [3.63, 3.8) is 0 Å². The summed E-state index contributed by atoms with van der Waals surface area (Å²) in [6, 6.07) is 14.1. The van der Waals surface area contributed by atoms with Gasteiger partial charge in [0.05, 0.1) is 13.7 Å². The Bertz CT molecular complexity index is 597. The first-order valence-electron chi connectivity index (χ1n) is 6.60. The van der Waals surface area contributed by atoms with Gasteiger partial charge in [0.25, 0.3) is 0 Å². The Balaban J connectivity index is 1.78. The van der Waals surface area contributed by atoms with E-state index in [1.807, 2.05) is 24.3 Å². The van der Waals surface area contributed by atoms with Crippen LogP contribution in [0.5, 0.6) is 11.5 Å². The lowest BCUT2D eigenvalue weighted by Gasteiger charge is -2.08. The molecule has 0 spiro atoms. The maximum absolute atomic E-state index is 11.8. The number of hydrogen-bond donors (Lipinski definition) is 3. The molecular formula is C16H18N2O3. The molecule has 0 fully saturated rings. The maximum Gasteiger partial charge on any atom is 0.238 e. The van der Waals surface area contributed by atoms with Crippen LogP contribution in [0.3, 0.4) is 0 Å². The van der Waals surface area contributed by atoms with Gasteiger partial charge in [0.2, 0.25) is 5.91 Å². The molecule has 0 aliphatic heterocycles. The number of amides is 1. The number of ether oxygens (including phenoxy) is 1. The Morgan fingerprint density at radius 2 is 1.95 bits per heavy atom. The van der Waals surface area contributed by atoms with Gasteiger partial charge >= 0.3 is 0 Å². The summed E-state index contributed by atoms with van der Waals surface area (Å²) in [6.07, 6.45) is 0. The van der Waals surface area contributed by atoms with Crippen LogP contribution in [0, 0.1) is 0 Å². The molecule has 0 aliphatic carbocycles. The lowest BCUT2D eigenvalue weighted by molar-refractivity contribution is -0.115. The van der Waals surface area contributed by atoms with Gasteiger partial charge in [-0.05, 0) is 29.8 Å². The number of hydrogen-bond acceptors (Lipinski definition) is 4. The van der Waals surface area contributed by atoms with E-state index in [1.54, 1.807) is 31.4 Å². The van der Waals surface area contributed by atoms with Crippen molar-refractivity contribution in [3.05, 3.63) is 54.1 Å². The quantitative estimate of drug-likeness (QED) is 0.761. The first-order chi connectivity index (χ1) is 10.2. The van der Waals surface area contributed by atoms with Crippen LogP contribution in [0.15, 0.2) is 48.5 Å². The number of rotatable bonds is 6. The predicted octanol–water partition coefficient (Wildman–Crippen LogP) is 2.13. The van der Waals surface area contributed by atoms with E-state index < -0.39 is 0 Å². The summed E-state index contributed by atoms with van der Waals surface area (Å²) in [5.74, 6) is 0.807. The fourth-order valence-corrected chi connectivity index (χ4v) is 1.84. The van der Waals surface area contributed by atoms with Crippen LogP contribution in [0.4, 0.5) is 5.69 Å². The molecule has 0 saturated carbocycles. The zero-order valence-corrected chi connectivity index (χ0v) is 11.8. The average molecular weight is 286 g/mol. The van der Waals surface area contributed by atoms with Crippen molar-refractivity contribution in [2.45, 2.75) is 6.54 Å². The molecule has 0 heterocycles. The zero-order chi connectivity index (χ0) is 15.1. The number of benzene rings is 2.